The highest BCUT2D eigenvalue weighted by Gasteiger charge is 2.18. The van der Waals surface area contributed by atoms with Crippen LogP contribution in [-0.4, -0.2) is 10.7 Å². The topological polar surface area (TPSA) is 15.6 Å². The monoisotopic (exact) mass is 254 g/mol. The Hall–Kier alpha value is -1.83. The SMILES string of the molecule is C=C1N=C(CC)N(Cc2ccccc2)C=C1C(C)C. The lowest BCUT2D eigenvalue weighted by atomic mass is 10.00. The lowest BCUT2D eigenvalue weighted by Crippen LogP contribution is -2.29. The van der Waals surface area contributed by atoms with E-state index in [2.05, 4.69) is 67.7 Å². The highest BCUT2D eigenvalue weighted by molar-refractivity contribution is 5.85. The molecule has 0 spiro atoms. The fourth-order valence-electron chi connectivity index (χ4n) is 2.28. The maximum absolute atomic E-state index is 4.66. The lowest BCUT2D eigenvalue weighted by molar-refractivity contribution is 0.519. The van der Waals surface area contributed by atoms with Crippen molar-refractivity contribution >= 4 is 5.84 Å². The Morgan fingerprint density at radius 2 is 1.89 bits per heavy atom. The van der Waals surface area contributed by atoms with Crippen LogP contribution in [0.3, 0.4) is 0 Å². The van der Waals surface area contributed by atoms with E-state index in [0.717, 1.165) is 24.5 Å². The second-order valence-corrected chi connectivity index (χ2v) is 5.18. The van der Waals surface area contributed by atoms with Crippen LogP contribution in [0.25, 0.3) is 0 Å². The van der Waals surface area contributed by atoms with Gasteiger partial charge in [-0.25, -0.2) is 4.99 Å². The molecule has 2 nitrogen and oxygen atoms in total. The van der Waals surface area contributed by atoms with Crippen LogP contribution < -0.4 is 0 Å². The smallest absolute Gasteiger partial charge is 0.109 e. The number of nitrogens with zero attached hydrogens (tertiary/aromatic N) is 2. The molecule has 100 valence electrons. The van der Waals surface area contributed by atoms with Crippen molar-refractivity contribution in [3.63, 3.8) is 0 Å². The fraction of sp³-hybridized carbons (Fsp3) is 0.353. The normalized spacial score (nSPS) is 15.6. The van der Waals surface area contributed by atoms with Crippen LogP contribution >= 0.6 is 0 Å². The summed E-state index contributed by atoms with van der Waals surface area (Å²) in [6.45, 7) is 11.5. The fourth-order valence-corrected chi connectivity index (χ4v) is 2.28. The first kappa shape index (κ1) is 13.6. The highest BCUT2D eigenvalue weighted by Crippen LogP contribution is 2.26. The Bertz CT molecular complexity index is 509. The largest absolute Gasteiger partial charge is 0.332 e. The minimum absolute atomic E-state index is 0.452. The summed E-state index contributed by atoms with van der Waals surface area (Å²) in [4.78, 5) is 6.91. The Morgan fingerprint density at radius 3 is 2.47 bits per heavy atom. The van der Waals surface area contributed by atoms with Crippen molar-refractivity contribution in [2.24, 2.45) is 10.9 Å². The molecule has 1 aromatic rings. The molecule has 0 atom stereocenters. The molecule has 1 aliphatic rings. The van der Waals surface area contributed by atoms with Gasteiger partial charge in [0, 0.05) is 19.2 Å². The van der Waals surface area contributed by atoms with E-state index in [9.17, 15) is 0 Å². The van der Waals surface area contributed by atoms with Crippen molar-refractivity contribution < 1.29 is 0 Å². The molecule has 0 radical (unpaired) electrons. The number of benzene rings is 1. The molecule has 0 unspecified atom stereocenters. The molecule has 0 N–H and O–H groups in total. The minimum atomic E-state index is 0.452. The Balaban J connectivity index is 2.25. The lowest BCUT2D eigenvalue weighted by Gasteiger charge is -2.29. The molecular weight excluding hydrogens is 232 g/mol. The van der Waals surface area contributed by atoms with E-state index in [4.69, 9.17) is 0 Å². The molecular formula is C17H22N2. The van der Waals surface area contributed by atoms with Crippen molar-refractivity contribution in [1.82, 2.24) is 4.90 Å². The molecule has 2 rings (SSSR count). The zero-order chi connectivity index (χ0) is 13.8. The number of allylic oxidation sites excluding steroid dienone is 1. The van der Waals surface area contributed by atoms with Gasteiger partial charge in [-0.2, -0.15) is 0 Å². The summed E-state index contributed by atoms with van der Waals surface area (Å²) < 4.78 is 0. The second-order valence-electron chi connectivity index (χ2n) is 5.18. The summed E-state index contributed by atoms with van der Waals surface area (Å²) >= 11 is 0. The third-order valence-electron chi connectivity index (χ3n) is 3.36. The average molecular weight is 254 g/mol. The van der Waals surface area contributed by atoms with Gasteiger partial charge in [0.2, 0.25) is 0 Å². The van der Waals surface area contributed by atoms with Gasteiger partial charge in [0.1, 0.15) is 5.84 Å². The maximum atomic E-state index is 4.66. The van der Waals surface area contributed by atoms with Gasteiger partial charge in [-0.05, 0) is 17.1 Å². The van der Waals surface area contributed by atoms with Gasteiger partial charge < -0.3 is 4.90 Å². The first-order valence-corrected chi connectivity index (χ1v) is 6.91. The van der Waals surface area contributed by atoms with Gasteiger partial charge in [0.15, 0.2) is 0 Å². The van der Waals surface area contributed by atoms with Crippen LogP contribution in [0.4, 0.5) is 0 Å². The van der Waals surface area contributed by atoms with E-state index in [1.165, 1.54) is 11.1 Å². The quantitative estimate of drug-likeness (QED) is 0.779. The molecule has 0 aromatic heterocycles. The molecule has 0 bridgehead atoms. The summed E-state index contributed by atoms with van der Waals surface area (Å²) in [5.41, 5.74) is 3.44. The van der Waals surface area contributed by atoms with E-state index in [1.54, 1.807) is 0 Å². The molecule has 1 aliphatic heterocycles. The standard InChI is InChI=1S/C17H22N2/c1-5-17-18-14(4)16(13(2)3)12-19(17)11-15-9-7-6-8-10-15/h6-10,12-13H,4-5,11H2,1-3H3. The Kier molecular flexibility index (Phi) is 4.20. The second kappa shape index (κ2) is 5.87. The van der Waals surface area contributed by atoms with E-state index < -0.39 is 0 Å². The minimum Gasteiger partial charge on any atom is -0.332 e. The maximum Gasteiger partial charge on any atom is 0.109 e. The summed E-state index contributed by atoms with van der Waals surface area (Å²) in [7, 11) is 0. The Labute approximate surface area is 116 Å². The highest BCUT2D eigenvalue weighted by atomic mass is 15.2. The summed E-state index contributed by atoms with van der Waals surface area (Å²) in [5.74, 6) is 1.55. The van der Waals surface area contributed by atoms with Crippen LogP contribution in [0, 0.1) is 5.92 Å². The van der Waals surface area contributed by atoms with Gasteiger partial charge in [0.25, 0.3) is 0 Å². The van der Waals surface area contributed by atoms with Crippen LogP contribution in [0.1, 0.15) is 32.8 Å². The molecule has 0 aliphatic carbocycles. The van der Waals surface area contributed by atoms with Crippen LogP contribution in [-0.2, 0) is 6.54 Å². The summed E-state index contributed by atoms with van der Waals surface area (Å²) in [5, 5.41) is 0. The van der Waals surface area contributed by atoms with Gasteiger partial charge in [0.05, 0.1) is 5.70 Å². The van der Waals surface area contributed by atoms with Gasteiger partial charge in [-0.1, -0.05) is 57.7 Å². The van der Waals surface area contributed by atoms with Crippen LogP contribution in [0.2, 0.25) is 0 Å². The number of hydrogen-bond acceptors (Lipinski definition) is 2. The summed E-state index contributed by atoms with van der Waals surface area (Å²) in [6.07, 6.45) is 3.14. The number of amidine groups is 1. The molecule has 1 aromatic carbocycles. The van der Waals surface area contributed by atoms with E-state index >= 15 is 0 Å². The van der Waals surface area contributed by atoms with Crippen LogP contribution in [0.5, 0.6) is 0 Å². The van der Waals surface area contributed by atoms with Crippen molar-refractivity contribution in [1.29, 1.82) is 0 Å². The first-order chi connectivity index (χ1) is 9.11. The molecule has 2 heteroatoms. The van der Waals surface area contributed by atoms with E-state index in [-0.39, 0.29) is 0 Å². The van der Waals surface area contributed by atoms with E-state index in [0.29, 0.717) is 5.92 Å². The zero-order valence-corrected chi connectivity index (χ0v) is 12.1. The predicted octanol–water partition coefficient (Wildman–Crippen LogP) is 4.36. The zero-order valence-electron chi connectivity index (χ0n) is 12.1. The Morgan fingerprint density at radius 1 is 1.21 bits per heavy atom. The van der Waals surface area contributed by atoms with E-state index in [1.807, 2.05) is 6.07 Å². The van der Waals surface area contributed by atoms with Crippen molar-refractivity contribution in [2.75, 3.05) is 0 Å². The number of rotatable bonds is 4. The molecule has 0 saturated carbocycles. The van der Waals surface area contributed by atoms with Crippen molar-refractivity contribution in [3.05, 3.63) is 59.9 Å². The third kappa shape index (κ3) is 3.14. The van der Waals surface area contributed by atoms with Crippen molar-refractivity contribution in [3.8, 4) is 0 Å². The molecule has 0 fully saturated rings. The van der Waals surface area contributed by atoms with Crippen molar-refractivity contribution in [2.45, 2.75) is 33.7 Å². The van der Waals surface area contributed by atoms with Gasteiger partial charge in [-0.3, -0.25) is 0 Å². The first-order valence-electron chi connectivity index (χ1n) is 6.91. The molecule has 1 heterocycles. The van der Waals surface area contributed by atoms with Crippen LogP contribution in [0.15, 0.2) is 59.4 Å². The average Bonchev–Trinajstić information content (AvgIpc) is 2.41. The predicted molar refractivity (Wildman–Crippen MR) is 81.8 cm³/mol. The molecule has 0 saturated heterocycles. The van der Waals surface area contributed by atoms with Gasteiger partial charge in [-0.15, -0.1) is 0 Å². The third-order valence-corrected chi connectivity index (χ3v) is 3.36. The molecule has 19 heavy (non-hydrogen) atoms. The number of aliphatic imine (C=N–C) groups is 1. The number of hydrogen-bond donors (Lipinski definition) is 0. The molecule has 0 amide bonds. The van der Waals surface area contributed by atoms with Gasteiger partial charge >= 0.3 is 0 Å². The summed E-state index contributed by atoms with van der Waals surface area (Å²) in [6, 6.07) is 10.5.